The monoisotopic (exact) mass is 312 g/mol. The van der Waals surface area contributed by atoms with Gasteiger partial charge in [0.25, 0.3) is 0 Å². The van der Waals surface area contributed by atoms with Crippen molar-refractivity contribution in [2.45, 2.75) is 25.7 Å². The van der Waals surface area contributed by atoms with Crippen LogP contribution in [0, 0.1) is 0 Å². The Morgan fingerprint density at radius 1 is 1.00 bits per heavy atom. The van der Waals surface area contributed by atoms with E-state index in [1.165, 1.54) is 0 Å². The molecule has 120 valence electrons. The fourth-order valence-electron chi connectivity index (χ4n) is 2.42. The van der Waals surface area contributed by atoms with E-state index in [0.29, 0.717) is 24.2 Å². The van der Waals surface area contributed by atoms with E-state index in [9.17, 15) is 9.59 Å². The van der Waals surface area contributed by atoms with Crippen molar-refractivity contribution in [3.63, 3.8) is 0 Å². The molecule has 0 bridgehead atoms. The highest BCUT2D eigenvalue weighted by molar-refractivity contribution is 5.99. The number of aryl methyl sites for hydroxylation is 1. The maximum absolute atomic E-state index is 12.4. The molecule has 0 fully saturated rings. The molecule has 23 heavy (non-hydrogen) atoms. The van der Waals surface area contributed by atoms with Gasteiger partial charge < -0.3 is 9.84 Å². The average molecular weight is 312 g/mol. The first-order valence-electron chi connectivity index (χ1n) is 7.56. The van der Waals surface area contributed by atoms with Crippen molar-refractivity contribution in [1.29, 1.82) is 0 Å². The maximum atomic E-state index is 12.4. The number of ether oxygens (including phenoxy) is 1. The van der Waals surface area contributed by atoms with Gasteiger partial charge >= 0.3 is 5.97 Å². The van der Waals surface area contributed by atoms with E-state index in [2.05, 4.69) is 0 Å². The third-order valence-corrected chi connectivity index (χ3v) is 3.65. The van der Waals surface area contributed by atoms with Crippen LogP contribution in [0.25, 0.3) is 0 Å². The van der Waals surface area contributed by atoms with Gasteiger partial charge in [-0.1, -0.05) is 36.4 Å². The van der Waals surface area contributed by atoms with E-state index < -0.39 is 5.97 Å². The summed E-state index contributed by atoms with van der Waals surface area (Å²) in [5, 5.41) is 8.64. The number of carbonyl (C=O) groups excluding carboxylic acids is 1. The first kappa shape index (κ1) is 16.7. The van der Waals surface area contributed by atoms with Gasteiger partial charge in [-0.05, 0) is 36.1 Å². The summed E-state index contributed by atoms with van der Waals surface area (Å²) < 4.78 is 5.22. The second-order valence-electron chi connectivity index (χ2n) is 5.36. The van der Waals surface area contributed by atoms with Gasteiger partial charge in [0, 0.05) is 12.8 Å². The molecule has 0 spiro atoms. The van der Waals surface area contributed by atoms with Crippen LogP contribution in [-0.4, -0.2) is 24.0 Å². The number of para-hydroxylation sites is 1. The zero-order valence-electron chi connectivity index (χ0n) is 13.1. The van der Waals surface area contributed by atoms with Crippen molar-refractivity contribution in [2.24, 2.45) is 0 Å². The molecule has 0 heterocycles. The SMILES string of the molecule is COc1ccccc1C(=O)Cc1ccc(CCCC(=O)O)cc1. The van der Waals surface area contributed by atoms with E-state index in [4.69, 9.17) is 9.84 Å². The molecule has 2 aromatic rings. The van der Waals surface area contributed by atoms with Crippen LogP contribution in [0.4, 0.5) is 0 Å². The normalized spacial score (nSPS) is 10.3. The molecule has 0 radical (unpaired) electrons. The Bertz CT molecular complexity index is 674. The molecule has 2 aromatic carbocycles. The number of Topliss-reactive ketones (excluding diaryl/α,β-unsaturated/α-hetero) is 1. The molecule has 0 unspecified atom stereocenters. The number of benzene rings is 2. The molecule has 0 amide bonds. The summed E-state index contributed by atoms with van der Waals surface area (Å²) >= 11 is 0. The number of ketones is 1. The van der Waals surface area contributed by atoms with Gasteiger partial charge in [-0.2, -0.15) is 0 Å². The first-order valence-corrected chi connectivity index (χ1v) is 7.56. The Kier molecular flexibility index (Phi) is 5.92. The number of hydrogen-bond donors (Lipinski definition) is 1. The Balaban J connectivity index is 1.97. The fourth-order valence-corrected chi connectivity index (χ4v) is 2.42. The minimum Gasteiger partial charge on any atom is -0.496 e. The van der Waals surface area contributed by atoms with Gasteiger partial charge in [0.1, 0.15) is 5.75 Å². The predicted octanol–water partition coefficient (Wildman–Crippen LogP) is 3.53. The van der Waals surface area contributed by atoms with Gasteiger partial charge in [0.2, 0.25) is 0 Å². The van der Waals surface area contributed by atoms with E-state index in [0.717, 1.165) is 17.5 Å². The van der Waals surface area contributed by atoms with Crippen LogP contribution in [-0.2, 0) is 17.6 Å². The van der Waals surface area contributed by atoms with Gasteiger partial charge in [0.15, 0.2) is 5.78 Å². The van der Waals surface area contributed by atoms with Gasteiger partial charge in [0.05, 0.1) is 12.7 Å². The highest BCUT2D eigenvalue weighted by Gasteiger charge is 2.12. The quantitative estimate of drug-likeness (QED) is 0.757. The van der Waals surface area contributed by atoms with Crippen LogP contribution in [0.2, 0.25) is 0 Å². The van der Waals surface area contributed by atoms with Crippen LogP contribution < -0.4 is 4.74 Å². The average Bonchev–Trinajstić information content (AvgIpc) is 2.56. The first-order chi connectivity index (χ1) is 11.1. The summed E-state index contributed by atoms with van der Waals surface area (Å²) in [5.74, 6) is -0.173. The Morgan fingerprint density at radius 2 is 1.65 bits per heavy atom. The van der Waals surface area contributed by atoms with Crippen molar-refractivity contribution in [1.82, 2.24) is 0 Å². The zero-order chi connectivity index (χ0) is 16.7. The van der Waals surface area contributed by atoms with Crippen molar-refractivity contribution in [3.8, 4) is 5.75 Å². The third kappa shape index (κ3) is 4.95. The molecule has 0 atom stereocenters. The fraction of sp³-hybridized carbons (Fsp3) is 0.263. The molecule has 0 aliphatic rings. The van der Waals surface area contributed by atoms with Gasteiger partial charge in [-0.25, -0.2) is 0 Å². The summed E-state index contributed by atoms with van der Waals surface area (Å²) in [6.45, 7) is 0. The van der Waals surface area contributed by atoms with Crippen LogP contribution in [0.15, 0.2) is 48.5 Å². The van der Waals surface area contributed by atoms with Crippen molar-refractivity contribution in [2.75, 3.05) is 7.11 Å². The van der Waals surface area contributed by atoms with Gasteiger partial charge in [-0.15, -0.1) is 0 Å². The Morgan fingerprint density at radius 3 is 2.30 bits per heavy atom. The number of carbonyl (C=O) groups is 2. The minimum atomic E-state index is -0.774. The topological polar surface area (TPSA) is 63.6 Å². The van der Waals surface area contributed by atoms with E-state index >= 15 is 0 Å². The number of carboxylic acids is 1. The number of rotatable bonds is 8. The van der Waals surface area contributed by atoms with Crippen LogP contribution in [0.5, 0.6) is 5.75 Å². The minimum absolute atomic E-state index is 0.0149. The van der Waals surface area contributed by atoms with E-state index in [1.54, 1.807) is 19.2 Å². The smallest absolute Gasteiger partial charge is 0.303 e. The van der Waals surface area contributed by atoms with Crippen molar-refractivity contribution in [3.05, 3.63) is 65.2 Å². The van der Waals surface area contributed by atoms with E-state index in [-0.39, 0.29) is 12.2 Å². The number of hydrogen-bond acceptors (Lipinski definition) is 3. The molecule has 0 saturated carbocycles. The lowest BCUT2D eigenvalue weighted by Crippen LogP contribution is -2.05. The van der Waals surface area contributed by atoms with Gasteiger partial charge in [-0.3, -0.25) is 9.59 Å². The molecule has 0 saturated heterocycles. The number of carboxylic acid groups (broad SMARTS) is 1. The molecule has 1 N–H and O–H groups in total. The summed E-state index contributed by atoms with van der Waals surface area (Å²) in [5.41, 5.74) is 2.60. The highest BCUT2D eigenvalue weighted by Crippen LogP contribution is 2.20. The second kappa shape index (κ2) is 8.13. The number of aliphatic carboxylic acids is 1. The lowest BCUT2D eigenvalue weighted by atomic mass is 10.00. The Hall–Kier alpha value is -2.62. The summed E-state index contributed by atoms with van der Waals surface area (Å²) in [7, 11) is 1.55. The van der Waals surface area contributed by atoms with E-state index in [1.807, 2.05) is 36.4 Å². The molecule has 4 nitrogen and oxygen atoms in total. The molecular weight excluding hydrogens is 292 g/mol. The summed E-state index contributed by atoms with van der Waals surface area (Å²) in [4.78, 5) is 22.9. The standard InChI is InChI=1S/C19H20O4/c1-23-18-7-3-2-6-16(18)17(20)13-15-11-9-14(10-12-15)5-4-8-19(21)22/h2-3,6-7,9-12H,4-5,8,13H2,1H3,(H,21,22). The largest absolute Gasteiger partial charge is 0.496 e. The van der Waals surface area contributed by atoms with Crippen LogP contribution >= 0.6 is 0 Å². The number of methoxy groups -OCH3 is 1. The maximum Gasteiger partial charge on any atom is 0.303 e. The zero-order valence-corrected chi connectivity index (χ0v) is 13.1. The molecule has 4 heteroatoms. The van der Waals surface area contributed by atoms with Crippen molar-refractivity contribution >= 4 is 11.8 Å². The molecular formula is C19H20O4. The molecule has 0 aromatic heterocycles. The van der Waals surface area contributed by atoms with Crippen molar-refractivity contribution < 1.29 is 19.4 Å². The summed E-state index contributed by atoms with van der Waals surface area (Å²) in [6, 6.07) is 14.9. The molecule has 0 aliphatic carbocycles. The Labute approximate surface area is 135 Å². The predicted molar refractivity (Wildman–Crippen MR) is 88.0 cm³/mol. The van der Waals surface area contributed by atoms with Crippen LogP contribution in [0.3, 0.4) is 0 Å². The van der Waals surface area contributed by atoms with Crippen LogP contribution in [0.1, 0.15) is 34.3 Å². The lowest BCUT2D eigenvalue weighted by Gasteiger charge is -2.08. The molecule has 2 rings (SSSR count). The highest BCUT2D eigenvalue weighted by atomic mass is 16.5. The second-order valence-corrected chi connectivity index (χ2v) is 5.36. The third-order valence-electron chi connectivity index (χ3n) is 3.65. The lowest BCUT2D eigenvalue weighted by molar-refractivity contribution is -0.137. The molecule has 0 aliphatic heterocycles. The summed E-state index contributed by atoms with van der Waals surface area (Å²) in [6.07, 6.45) is 1.84.